The van der Waals surface area contributed by atoms with Gasteiger partial charge >= 0.3 is 0 Å². The van der Waals surface area contributed by atoms with Crippen molar-refractivity contribution in [2.75, 3.05) is 4.90 Å². The molecule has 2 aliphatic carbocycles. The fourth-order valence-electron chi connectivity index (χ4n) is 9.83. The number of fused-ring (bicyclic) bond motifs is 12. The number of furan rings is 1. The molecule has 2 heterocycles. The molecule has 254 valence electrons. The van der Waals surface area contributed by atoms with Crippen molar-refractivity contribution in [3.05, 3.63) is 204 Å². The van der Waals surface area contributed by atoms with Crippen LogP contribution in [-0.4, -0.2) is 4.57 Å². The van der Waals surface area contributed by atoms with Gasteiger partial charge in [0.05, 0.1) is 11.0 Å². The van der Waals surface area contributed by atoms with Gasteiger partial charge in [-0.05, 0) is 119 Å². The van der Waals surface area contributed by atoms with Gasteiger partial charge < -0.3 is 13.9 Å². The summed E-state index contributed by atoms with van der Waals surface area (Å²) in [4.78, 5) is 2.45. The van der Waals surface area contributed by atoms with Crippen molar-refractivity contribution in [3.8, 4) is 16.8 Å². The van der Waals surface area contributed by atoms with Crippen LogP contribution in [0.1, 0.15) is 22.3 Å². The van der Waals surface area contributed by atoms with E-state index >= 15 is 0 Å². The third kappa shape index (κ3) is 4.12. The minimum atomic E-state index is -0.102. The maximum Gasteiger partial charge on any atom is 0.135 e. The summed E-state index contributed by atoms with van der Waals surface area (Å²) in [5.41, 5.74) is 17.1. The van der Waals surface area contributed by atoms with Crippen LogP contribution in [0.15, 0.2) is 186 Å². The van der Waals surface area contributed by atoms with Gasteiger partial charge in [-0.2, -0.15) is 0 Å². The number of benzene rings is 8. The second-order valence-corrected chi connectivity index (χ2v) is 15.0. The first-order valence-electron chi connectivity index (χ1n) is 18.8. The van der Waals surface area contributed by atoms with E-state index < -0.39 is 0 Å². The summed E-state index contributed by atoms with van der Waals surface area (Å²) in [6, 6.07) is 66.8. The maximum absolute atomic E-state index is 6.32. The minimum absolute atomic E-state index is 0.102. The SMILES string of the molecule is c1ccc(-n2c3ccccc3c3cc(N(c4ccc5c(c4)C4(Cc6ccccc6C4)c4ccccc4-5)c4ccc5oc6ccccc6c5c4)ccc32)cc1. The molecule has 0 saturated carbocycles. The van der Waals surface area contributed by atoms with Crippen molar-refractivity contribution in [3.63, 3.8) is 0 Å². The monoisotopic (exact) mass is 690 g/mol. The number of hydrogen-bond donors (Lipinski definition) is 0. The molecule has 3 heteroatoms. The molecule has 54 heavy (non-hydrogen) atoms. The van der Waals surface area contributed by atoms with E-state index in [-0.39, 0.29) is 5.41 Å². The number of rotatable bonds is 4. The Morgan fingerprint density at radius 2 is 1.02 bits per heavy atom. The summed E-state index contributed by atoms with van der Waals surface area (Å²) in [6.07, 6.45) is 2.02. The second-order valence-electron chi connectivity index (χ2n) is 15.0. The molecule has 0 bridgehead atoms. The Morgan fingerprint density at radius 1 is 0.426 bits per heavy atom. The lowest BCUT2D eigenvalue weighted by molar-refractivity contribution is 0.563. The summed E-state index contributed by atoms with van der Waals surface area (Å²) in [5.74, 6) is 0. The van der Waals surface area contributed by atoms with Crippen molar-refractivity contribution in [1.82, 2.24) is 4.57 Å². The number of hydrogen-bond acceptors (Lipinski definition) is 2. The highest BCUT2D eigenvalue weighted by Gasteiger charge is 2.47. The Bertz CT molecular complexity index is 3100. The molecule has 8 aromatic carbocycles. The Labute approximate surface area is 312 Å². The summed E-state index contributed by atoms with van der Waals surface area (Å²) in [6.45, 7) is 0. The normalized spacial score (nSPS) is 13.9. The minimum Gasteiger partial charge on any atom is -0.456 e. The zero-order valence-corrected chi connectivity index (χ0v) is 29.5. The van der Waals surface area contributed by atoms with Crippen LogP contribution in [0.3, 0.4) is 0 Å². The van der Waals surface area contributed by atoms with Crippen molar-refractivity contribution >= 4 is 60.8 Å². The lowest BCUT2D eigenvalue weighted by Gasteiger charge is -2.30. The first kappa shape index (κ1) is 29.7. The van der Waals surface area contributed by atoms with Crippen molar-refractivity contribution in [1.29, 1.82) is 0 Å². The number of aromatic nitrogens is 1. The van der Waals surface area contributed by atoms with E-state index in [9.17, 15) is 0 Å². The molecule has 12 rings (SSSR count). The van der Waals surface area contributed by atoms with Gasteiger partial charge in [0.2, 0.25) is 0 Å². The summed E-state index contributed by atoms with van der Waals surface area (Å²) in [7, 11) is 0. The lowest BCUT2D eigenvalue weighted by Crippen LogP contribution is -2.26. The molecule has 2 aliphatic rings. The third-order valence-electron chi connectivity index (χ3n) is 12.2. The quantitative estimate of drug-likeness (QED) is 0.183. The Balaban J connectivity index is 1.11. The van der Waals surface area contributed by atoms with Crippen LogP contribution in [-0.2, 0) is 18.3 Å². The predicted molar refractivity (Wildman–Crippen MR) is 223 cm³/mol. The van der Waals surface area contributed by atoms with Crippen LogP contribution < -0.4 is 4.90 Å². The summed E-state index contributed by atoms with van der Waals surface area (Å²) < 4.78 is 8.70. The van der Waals surface area contributed by atoms with E-state index in [2.05, 4.69) is 185 Å². The zero-order chi connectivity index (χ0) is 35.4. The molecule has 0 unspecified atom stereocenters. The van der Waals surface area contributed by atoms with Gasteiger partial charge in [0.25, 0.3) is 0 Å². The van der Waals surface area contributed by atoms with E-state index in [0.717, 1.165) is 57.5 Å². The van der Waals surface area contributed by atoms with Crippen LogP contribution in [0.4, 0.5) is 17.1 Å². The van der Waals surface area contributed by atoms with E-state index in [1.807, 2.05) is 6.07 Å². The van der Waals surface area contributed by atoms with Gasteiger partial charge in [0.1, 0.15) is 11.2 Å². The molecule has 0 amide bonds. The molecular weight excluding hydrogens is 657 g/mol. The van der Waals surface area contributed by atoms with Gasteiger partial charge in [0, 0.05) is 49.7 Å². The topological polar surface area (TPSA) is 21.3 Å². The molecule has 0 saturated heterocycles. The zero-order valence-electron chi connectivity index (χ0n) is 29.5. The number of para-hydroxylation sites is 3. The average Bonchev–Trinajstić information content (AvgIpc) is 3.97. The summed E-state index contributed by atoms with van der Waals surface area (Å²) >= 11 is 0. The largest absolute Gasteiger partial charge is 0.456 e. The maximum atomic E-state index is 6.32. The van der Waals surface area contributed by atoms with Gasteiger partial charge in [-0.15, -0.1) is 0 Å². The van der Waals surface area contributed by atoms with Gasteiger partial charge in [0.15, 0.2) is 0 Å². The highest BCUT2D eigenvalue weighted by atomic mass is 16.3. The van der Waals surface area contributed by atoms with Crippen LogP contribution >= 0.6 is 0 Å². The molecule has 0 radical (unpaired) electrons. The third-order valence-corrected chi connectivity index (χ3v) is 12.2. The molecule has 1 spiro atoms. The Kier molecular flexibility index (Phi) is 6.10. The van der Waals surface area contributed by atoms with E-state index in [1.54, 1.807) is 0 Å². The fraction of sp³-hybridized carbons (Fsp3) is 0.0588. The van der Waals surface area contributed by atoms with E-state index in [1.165, 1.54) is 55.2 Å². The predicted octanol–water partition coefficient (Wildman–Crippen LogP) is 13.2. The van der Waals surface area contributed by atoms with Crippen LogP contribution in [0.25, 0.3) is 60.6 Å². The standard InChI is InChI=1S/C51H34N2O/c1-2-14-35(15-3-1)53-47-20-10-7-17-41(47)43-28-36(23-26-48(43)53)52(37-24-27-50-44(29-37)42-18-8-11-21-49(42)54-50)38-22-25-40-39-16-6-9-19-45(39)51(46(40)30-38)31-33-12-4-5-13-34(33)32-51/h1-30H,31-32H2. The molecule has 10 aromatic rings. The average molecular weight is 691 g/mol. The molecule has 3 nitrogen and oxygen atoms in total. The van der Waals surface area contributed by atoms with Gasteiger partial charge in [-0.25, -0.2) is 0 Å². The molecule has 2 aromatic heterocycles. The first-order chi connectivity index (χ1) is 26.7. The van der Waals surface area contributed by atoms with Crippen molar-refractivity contribution in [2.45, 2.75) is 18.3 Å². The fourth-order valence-corrected chi connectivity index (χ4v) is 9.83. The first-order valence-corrected chi connectivity index (χ1v) is 18.8. The van der Waals surface area contributed by atoms with Crippen molar-refractivity contribution in [2.24, 2.45) is 0 Å². The van der Waals surface area contributed by atoms with Crippen LogP contribution in [0.2, 0.25) is 0 Å². The Morgan fingerprint density at radius 3 is 1.87 bits per heavy atom. The molecule has 0 fully saturated rings. The highest BCUT2D eigenvalue weighted by Crippen LogP contribution is 2.56. The van der Waals surface area contributed by atoms with Gasteiger partial charge in [-0.3, -0.25) is 0 Å². The second kappa shape index (κ2) is 11.1. The number of anilines is 3. The van der Waals surface area contributed by atoms with Crippen molar-refractivity contribution < 1.29 is 4.42 Å². The number of nitrogens with zero attached hydrogens (tertiary/aromatic N) is 2. The molecule has 0 atom stereocenters. The Hall–Kier alpha value is -6.84. The molecular formula is C51H34N2O. The smallest absolute Gasteiger partial charge is 0.135 e. The van der Waals surface area contributed by atoms with Crippen LogP contribution in [0.5, 0.6) is 0 Å². The van der Waals surface area contributed by atoms with Crippen LogP contribution in [0, 0.1) is 0 Å². The summed E-state index contributed by atoms with van der Waals surface area (Å²) in [5, 5.41) is 4.71. The molecule has 0 aliphatic heterocycles. The lowest BCUT2D eigenvalue weighted by atomic mass is 9.75. The highest BCUT2D eigenvalue weighted by molar-refractivity contribution is 6.11. The van der Waals surface area contributed by atoms with Gasteiger partial charge in [-0.1, -0.05) is 109 Å². The van der Waals surface area contributed by atoms with E-state index in [0.29, 0.717) is 0 Å². The van der Waals surface area contributed by atoms with E-state index in [4.69, 9.17) is 4.42 Å². The molecule has 0 N–H and O–H groups in total.